The molecule has 4 rings (SSSR count). The fourth-order valence-corrected chi connectivity index (χ4v) is 5.23. The summed E-state index contributed by atoms with van der Waals surface area (Å²) in [5, 5.41) is 82.6. The number of phenolic OH excluding ortho intramolecular Hbond substituents is 6. The number of benzene rings is 3. The van der Waals surface area contributed by atoms with Crippen molar-refractivity contribution in [1.82, 2.24) is 0 Å². The Morgan fingerprint density at radius 3 is 2.08 bits per heavy atom. The van der Waals surface area contributed by atoms with Crippen molar-refractivity contribution in [2.75, 3.05) is 0 Å². The maximum atomic E-state index is 13.1. The van der Waals surface area contributed by atoms with Gasteiger partial charge in [0.15, 0.2) is 5.78 Å². The van der Waals surface area contributed by atoms with E-state index in [1.165, 1.54) is 49.4 Å². The summed E-state index contributed by atoms with van der Waals surface area (Å²) in [6.07, 6.45) is -0.0185. The van der Waals surface area contributed by atoms with E-state index in [0.717, 1.165) is 12.1 Å². The van der Waals surface area contributed by atoms with Crippen LogP contribution in [-0.2, 0) is 11.2 Å². The van der Waals surface area contributed by atoms with E-state index in [1.807, 2.05) is 0 Å². The molecule has 3 aromatic rings. The van der Waals surface area contributed by atoms with Gasteiger partial charge in [-0.1, -0.05) is 18.2 Å². The van der Waals surface area contributed by atoms with Crippen molar-refractivity contribution in [2.45, 2.75) is 37.7 Å². The van der Waals surface area contributed by atoms with E-state index in [0.29, 0.717) is 11.1 Å². The lowest BCUT2D eigenvalue weighted by Crippen LogP contribution is -2.39. The predicted molar refractivity (Wildman–Crippen MR) is 138 cm³/mol. The third-order valence-electron chi connectivity index (χ3n) is 7.20. The molecule has 1 aliphatic rings. The first-order valence-corrected chi connectivity index (χ1v) is 12.1. The van der Waals surface area contributed by atoms with Crippen LogP contribution in [0.1, 0.15) is 52.2 Å². The molecule has 0 spiro atoms. The summed E-state index contributed by atoms with van der Waals surface area (Å²) in [6.45, 7) is 1.54. The van der Waals surface area contributed by atoms with Gasteiger partial charge in [0.25, 0.3) is 0 Å². The van der Waals surface area contributed by atoms with Crippen LogP contribution in [0.15, 0.2) is 60.2 Å². The summed E-state index contributed by atoms with van der Waals surface area (Å²) in [7, 11) is 0. The highest BCUT2D eigenvalue weighted by molar-refractivity contribution is 5.99. The first-order valence-electron chi connectivity index (χ1n) is 12.1. The van der Waals surface area contributed by atoms with E-state index < -0.39 is 52.9 Å². The first-order chi connectivity index (χ1) is 18.4. The van der Waals surface area contributed by atoms with Crippen molar-refractivity contribution in [1.29, 1.82) is 0 Å². The van der Waals surface area contributed by atoms with Crippen molar-refractivity contribution in [2.24, 2.45) is 5.92 Å². The van der Waals surface area contributed by atoms with Crippen LogP contribution in [0.2, 0.25) is 0 Å². The lowest BCUT2D eigenvalue weighted by atomic mass is 9.66. The third-order valence-corrected chi connectivity index (χ3v) is 7.20. The number of aliphatic hydroxyl groups is 1. The third kappa shape index (κ3) is 5.19. The number of carbonyl (C=O) groups excluding carboxylic acids is 1. The number of aromatic hydroxyl groups is 6. The van der Waals surface area contributed by atoms with Crippen molar-refractivity contribution >= 4 is 11.8 Å². The Balaban J connectivity index is 1.75. The highest BCUT2D eigenvalue weighted by atomic mass is 16.4. The van der Waals surface area contributed by atoms with Crippen LogP contribution < -0.4 is 0 Å². The number of rotatable bonds is 7. The van der Waals surface area contributed by atoms with E-state index in [4.69, 9.17) is 0 Å². The number of ketones is 1. The molecule has 204 valence electrons. The van der Waals surface area contributed by atoms with Crippen LogP contribution in [0.4, 0.5) is 0 Å². The number of aliphatic hydroxyl groups excluding tert-OH is 1. The van der Waals surface area contributed by atoms with E-state index >= 15 is 0 Å². The molecule has 0 saturated carbocycles. The second-order valence-electron chi connectivity index (χ2n) is 9.64. The molecule has 0 fully saturated rings. The lowest BCUT2D eigenvalue weighted by Gasteiger charge is -2.38. The van der Waals surface area contributed by atoms with Gasteiger partial charge in [-0.15, -0.1) is 0 Å². The molecule has 0 radical (unpaired) electrons. The molecule has 0 saturated heterocycles. The summed E-state index contributed by atoms with van der Waals surface area (Å²) in [4.78, 5) is 25.6. The van der Waals surface area contributed by atoms with Crippen LogP contribution in [0, 0.1) is 5.92 Å². The van der Waals surface area contributed by atoms with E-state index in [2.05, 4.69) is 0 Å². The van der Waals surface area contributed by atoms with Gasteiger partial charge < -0.3 is 40.9 Å². The summed E-state index contributed by atoms with van der Waals surface area (Å²) in [5.41, 5.74) is 0.349. The molecule has 39 heavy (non-hydrogen) atoms. The highest BCUT2D eigenvalue weighted by Gasteiger charge is 2.46. The molecule has 4 atom stereocenters. The fourth-order valence-electron chi connectivity index (χ4n) is 5.23. The Hall–Kier alpha value is -4.70. The number of phenols is 6. The van der Waals surface area contributed by atoms with Crippen molar-refractivity contribution < 1.29 is 50.4 Å². The second kappa shape index (κ2) is 10.6. The Morgan fingerprint density at radius 1 is 0.821 bits per heavy atom. The minimum Gasteiger partial charge on any atom is -0.508 e. The molecule has 0 bridgehead atoms. The van der Waals surface area contributed by atoms with Gasteiger partial charge in [-0.25, -0.2) is 0 Å². The zero-order chi connectivity index (χ0) is 28.6. The second-order valence-corrected chi connectivity index (χ2v) is 9.64. The van der Waals surface area contributed by atoms with Gasteiger partial charge in [0, 0.05) is 41.5 Å². The molecule has 1 aliphatic carbocycles. The largest absolute Gasteiger partial charge is 0.508 e. The van der Waals surface area contributed by atoms with Crippen LogP contribution in [-0.4, -0.2) is 58.7 Å². The SMILES string of the molecule is CC1=CC(c2c(O)ccc(C(=O)CCc3ccc(O)cc3O)c2O)C(C(=O)O)C(c2ccc(O)cc2O)C1O. The fraction of sp³-hybridized carbons (Fsp3) is 0.241. The number of carboxylic acids is 1. The molecule has 10 heteroatoms. The number of Topliss-reactive ketones (excluding diaryl/α,β-unsaturated/α-hetero) is 1. The highest BCUT2D eigenvalue weighted by Crippen LogP contribution is 2.51. The topological polar surface area (TPSA) is 196 Å². The van der Waals surface area contributed by atoms with E-state index in [1.54, 1.807) is 0 Å². The summed E-state index contributed by atoms with van der Waals surface area (Å²) >= 11 is 0. The predicted octanol–water partition coefficient (Wildman–Crippen LogP) is 3.62. The molecular formula is C29H28O10. The molecule has 0 aliphatic heterocycles. The number of allylic oxidation sites excluding steroid dienone is 1. The Labute approximate surface area is 223 Å². The molecule has 3 aromatic carbocycles. The smallest absolute Gasteiger partial charge is 0.308 e. The minimum atomic E-state index is -1.49. The maximum Gasteiger partial charge on any atom is 0.308 e. The summed E-state index contributed by atoms with van der Waals surface area (Å²) < 4.78 is 0. The summed E-state index contributed by atoms with van der Waals surface area (Å²) in [5.74, 6) is -8.00. The lowest BCUT2D eigenvalue weighted by molar-refractivity contribution is -0.144. The molecule has 4 unspecified atom stereocenters. The Kier molecular flexibility index (Phi) is 7.42. The molecule has 0 amide bonds. The average Bonchev–Trinajstić information content (AvgIpc) is 2.85. The van der Waals surface area contributed by atoms with E-state index in [-0.39, 0.29) is 46.8 Å². The monoisotopic (exact) mass is 536 g/mol. The Bertz CT molecular complexity index is 1480. The van der Waals surface area contributed by atoms with Gasteiger partial charge in [-0.3, -0.25) is 9.59 Å². The number of hydrogen-bond acceptors (Lipinski definition) is 9. The van der Waals surface area contributed by atoms with Crippen LogP contribution in [0.3, 0.4) is 0 Å². The number of hydrogen-bond donors (Lipinski definition) is 8. The van der Waals surface area contributed by atoms with Crippen molar-refractivity contribution in [3.05, 3.63) is 82.4 Å². The Morgan fingerprint density at radius 2 is 1.46 bits per heavy atom. The van der Waals surface area contributed by atoms with Gasteiger partial charge >= 0.3 is 5.97 Å². The first kappa shape index (κ1) is 27.3. The normalized spacial score (nSPS) is 20.8. The summed E-state index contributed by atoms with van der Waals surface area (Å²) in [6, 6.07) is 9.88. The quantitative estimate of drug-likeness (QED) is 0.163. The molecule has 8 N–H and O–H groups in total. The van der Waals surface area contributed by atoms with Crippen molar-refractivity contribution in [3.63, 3.8) is 0 Å². The maximum absolute atomic E-state index is 13.1. The van der Waals surface area contributed by atoms with E-state index in [9.17, 15) is 50.4 Å². The number of carbonyl (C=O) groups is 2. The number of carboxylic acid groups (broad SMARTS) is 1. The van der Waals surface area contributed by atoms with Gasteiger partial charge in [0.2, 0.25) is 0 Å². The number of aliphatic carboxylic acids is 1. The van der Waals surface area contributed by atoms with Crippen LogP contribution in [0.5, 0.6) is 34.5 Å². The molecular weight excluding hydrogens is 508 g/mol. The zero-order valence-corrected chi connectivity index (χ0v) is 20.8. The van der Waals surface area contributed by atoms with Gasteiger partial charge in [0.1, 0.15) is 34.5 Å². The average molecular weight is 537 g/mol. The standard InChI is InChI=1S/C29H28O10/c1-13-10-19(26(29(38)39)25(27(13)36)17-6-5-16(31)12-23(17)35)24-21(33)9-7-18(28(24)37)20(32)8-3-14-2-4-15(30)11-22(14)34/h2,4-7,9-12,19,25-27,30-31,33-37H,3,8H2,1H3,(H,38,39). The molecule has 0 heterocycles. The van der Waals surface area contributed by atoms with Crippen LogP contribution in [0.25, 0.3) is 0 Å². The van der Waals surface area contributed by atoms with Gasteiger partial charge in [-0.2, -0.15) is 0 Å². The van der Waals surface area contributed by atoms with Crippen molar-refractivity contribution in [3.8, 4) is 34.5 Å². The molecule has 10 nitrogen and oxygen atoms in total. The van der Waals surface area contributed by atoms with Gasteiger partial charge in [-0.05, 0) is 48.7 Å². The zero-order valence-electron chi connectivity index (χ0n) is 20.8. The number of aryl methyl sites for hydroxylation is 1. The minimum absolute atomic E-state index is 0.0464. The van der Waals surface area contributed by atoms with Crippen LogP contribution >= 0.6 is 0 Å². The van der Waals surface area contributed by atoms with Gasteiger partial charge in [0.05, 0.1) is 17.6 Å². The molecule has 0 aromatic heterocycles.